The standard InChI is InChI=1S/C9H14Cl2N2O2S/c1-4-7(5-2)13-9(10)8(6(3)12-13)16(11,14)15/h7H,4-5H2,1-3H3. The summed E-state index contributed by atoms with van der Waals surface area (Å²) in [4.78, 5) is -0.0808. The van der Waals surface area contributed by atoms with Crippen LogP contribution in [0.1, 0.15) is 38.4 Å². The second-order valence-corrected chi connectivity index (χ2v) is 6.42. The van der Waals surface area contributed by atoms with E-state index in [-0.39, 0.29) is 16.1 Å². The normalized spacial score (nSPS) is 12.4. The van der Waals surface area contributed by atoms with E-state index in [0.717, 1.165) is 12.8 Å². The average molecular weight is 285 g/mol. The lowest BCUT2D eigenvalue weighted by atomic mass is 10.2. The molecule has 0 aliphatic carbocycles. The van der Waals surface area contributed by atoms with Gasteiger partial charge in [-0.25, -0.2) is 13.1 Å². The lowest BCUT2D eigenvalue weighted by molar-refractivity contribution is 0.427. The molecule has 0 aliphatic rings. The first-order chi connectivity index (χ1) is 7.32. The molecule has 0 fully saturated rings. The summed E-state index contributed by atoms with van der Waals surface area (Å²) in [6.45, 7) is 5.58. The summed E-state index contributed by atoms with van der Waals surface area (Å²) in [6.07, 6.45) is 1.66. The highest BCUT2D eigenvalue weighted by Gasteiger charge is 2.26. The highest BCUT2D eigenvalue weighted by molar-refractivity contribution is 8.13. The third kappa shape index (κ3) is 2.52. The Morgan fingerprint density at radius 2 is 1.88 bits per heavy atom. The minimum Gasteiger partial charge on any atom is -0.249 e. The van der Waals surface area contributed by atoms with Crippen LogP contribution in [0.25, 0.3) is 0 Å². The van der Waals surface area contributed by atoms with Gasteiger partial charge in [0.2, 0.25) is 0 Å². The Bertz CT molecular complexity index is 478. The SMILES string of the molecule is CCC(CC)n1nc(C)c(S(=O)(=O)Cl)c1Cl. The van der Waals surface area contributed by atoms with Crippen LogP contribution in [-0.4, -0.2) is 18.2 Å². The van der Waals surface area contributed by atoms with E-state index < -0.39 is 9.05 Å². The first-order valence-electron chi connectivity index (χ1n) is 5.02. The topological polar surface area (TPSA) is 52.0 Å². The molecule has 0 aromatic carbocycles. The van der Waals surface area contributed by atoms with Crippen LogP contribution in [-0.2, 0) is 9.05 Å². The van der Waals surface area contributed by atoms with Gasteiger partial charge in [-0.3, -0.25) is 0 Å². The fraction of sp³-hybridized carbons (Fsp3) is 0.667. The fourth-order valence-electron chi connectivity index (χ4n) is 1.66. The number of hydrogen-bond acceptors (Lipinski definition) is 3. The van der Waals surface area contributed by atoms with Crippen molar-refractivity contribution in [1.29, 1.82) is 0 Å². The molecule has 7 heteroatoms. The Hall–Kier alpha value is -0.260. The molecule has 0 radical (unpaired) electrons. The molecule has 92 valence electrons. The van der Waals surface area contributed by atoms with Crippen molar-refractivity contribution in [2.75, 3.05) is 0 Å². The second kappa shape index (κ2) is 4.94. The third-order valence-electron chi connectivity index (χ3n) is 2.51. The summed E-state index contributed by atoms with van der Waals surface area (Å²) in [7, 11) is 1.47. The van der Waals surface area contributed by atoms with E-state index in [4.69, 9.17) is 22.3 Å². The quantitative estimate of drug-likeness (QED) is 0.798. The Labute approximate surface area is 105 Å². The van der Waals surface area contributed by atoms with Gasteiger partial charge < -0.3 is 0 Å². The zero-order chi connectivity index (χ0) is 12.5. The van der Waals surface area contributed by atoms with E-state index in [1.165, 1.54) is 4.68 Å². The van der Waals surface area contributed by atoms with E-state index in [9.17, 15) is 8.42 Å². The summed E-state index contributed by atoms with van der Waals surface area (Å²) < 4.78 is 24.2. The molecular formula is C9H14Cl2N2O2S. The van der Waals surface area contributed by atoms with Gasteiger partial charge in [0.1, 0.15) is 10.0 Å². The smallest absolute Gasteiger partial charge is 0.249 e. The van der Waals surface area contributed by atoms with Crippen molar-refractivity contribution >= 4 is 31.3 Å². The zero-order valence-corrected chi connectivity index (χ0v) is 11.7. The van der Waals surface area contributed by atoms with Crippen LogP contribution in [0.4, 0.5) is 0 Å². The Balaban J connectivity index is 3.38. The molecule has 0 saturated carbocycles. The Morgan fingerprint density at radius 3 is 2.19 bits per heavy atom. The Morgan fingerprint density at radius 1 is 1.38 bits per heavy atom. The van der Waals surface area contributed by atoms with Gasteiger partial charge in [-0.1, -0.05) is 25.4 Å². The molecular weight excluding hydrogens is 271 g/mol. The number of hydrogen-bond donors (Lipinski definition) is 0. The molecule has 1 aromatic heterocycles. The summed E-state index contributed by atoms with van der Waals surface area (Å²) in [6, 6.07) is 0.0957. The van der Waals surface area contributed by atoms with Crippen LogP contribution < -0.4 is 0 Å². The number of nitrogens with zero attached hydrogens (tertiary/aromatic N) is 2. The van der Waals surface area contributed by atoms with Gasteiger partial charge in [-0.05, 0) is 19.8 Å². The molecule has 0 bridgehead atoms. The van der Waals surface area contributed by atoms with Crippen LogP contribution in [0.3, 0.4) is 0 Å². The average Bonchev–Trinajstić information content (AvgIpc) is 2.43. The van der Waals surface area contributed by atoms with Gasteiger partial charge in [-0.2, -0.15) is 5.10 Å². The molecule has 4 nitrogen and oxygen atoms in total. The van der Waals surface area contributed by atoms with Crippen molar-refractivity contribution in [3.05, 3.63) is 10.8 Å². The molecule has 0 atom stereocenters. The monoisotopic (exact) mass is 284 g/mol. The van der Waals surface area contributed by atoms with E-state index in [1.807, 2.05) is 13.8 Å². The fourth-order valence-corrected chi connectivity index (χ4v) is 3.64. The molecule has 1 heterocycles. The zero-order valence-electron chi connectivity index (χ0n) is 9.37. The Kier molecular flexibility index (Phi) is 4.26. The molecule has 0 amide bonds. The van der Waals surface area contributed by atoms with E-state index >= 15 is 0 Å². The molecule has 1 rings (SSSR count). The van der Waals surface area contributed by atoms with Crippen molar-refractivity contribution in [2.45, 2.75) is 44.6 Å². The van der Waals surface area contributed by atoms with Crippen molar-refractivity contribution in [2.24, 2.45) is 0 Å². The largest absolute Gasteiger partial charge is 0.266 e. The van der Waals surface area contributed by atoms with Gasteiger partial charge in [0.15, 0.2) is 0 Å². The maximum absolute atomic E-state index is 11.3. The van der Waals surface area contributed by atoms with Crippen molar-refractivity contribution in [3.8, 4) is 0 Å². The lowest BCUT2D eigenvalue weighted by Crippen LogP contribution is -2.09. The molecule has 1 aromatic rings. The summed E-state index contributed by atoms with van der Waals surface area (Å²) >= 11 is 6.00. The predicted octanol–water partition coefficient (Wildman–Crippen LogP) is 3.13. The minimum atomic E-state index is -3.84. The summed E-state index contributed by atoms with van der Waals surface area (Å²) in [5, 5.41) is 4.24. The van der Waals surface area contributed by atoms with E-state index in [0.29, 0.717) is 5.69 Å². The molecule has 16 heavy (non-hydrogen) atoms. The van der Waals surface area contributed by atoms with Crippen LogP contribution >= 0.6 is 22.3 Å². The number of halogens is 2. The van der Waals surface area contributed by atoms with Crippen LogP contribution in [0.5, 0.6) is 0 Å². The molecule has 0 N–H and O–H groups in total. The van der Waals surface area contributed by atoms with Crippen molar-refractivity contribution in [1.82, 2.24) is 9.78 Å². The van der Waals surface area contributed by atoms with Gasteiger partial charge >= 0.3 is 0 Å². The lowest BCUT2D eigenvalue weighted by Gasteiger charge is -2.13. The maximum Gasteiger partial charge on any atom is 0.266 e. The predicted molar refractivity (Wildman–Crippen MR) is 64.6 cm³/mol. The van der Waals surface area contributed by atoms with Crippen molar-refractivity contribution < 1.29 is 8.42 Å². The number of aryl methyl sites for hydroxylation is 1. The highest BCUT2D eigenvalue weighted by Crippen LogP contribution is 2.31. The molecule has 0 aliphatic heterocycles. The van der Waals surface area contributed by atoms with Gasteiger partial charge in [-0.15, -0.1) is 0 Å². The van der Waals surface area contributed by atoms with Crippen LogP contribution in [0.2, 0.25) is 5.15 Å². The van der Waals surface area contributed by atoms with Crippen LogP contribution in [0, 0.1) is 6.92 Å². The van der Waals surface area contributed by atoms with Crippen molar-refractivity contribution in [3.63, 3.8) is 0 Å². The second-order valence-electron chi connectivity index (χ2n) is 3.56. The summed E-state index contributed by atoms with van der Waals surface area (Å²) in [5.41, 5.74) is 0.340. The maximum atomic E-state index is 11.3. The third-order valence-corrected chi connectivity index (χ3v) is 4.42. The molecule has 0 unspecified atom stereocenters. The molecule has 0 saturated heterocycles. The first kappa shape index (κ1) is 13.8. The van der Waals surface area contributed by atoms with Crippen LogP contribution in [0.15, 0.2) is 4.90 Å². The number of aromatic nitrogens is 2. The van der Waals surface area contributed by atoms with Gasteiger partial charge in [0, 0.05) is 10.7 Å². The minimum absolute atomic E-state index is 0.0808. The summed E-state index contributed by atoms with van der Waals surface area (Å²) in [5.74, 6) is 0. The highest BCUT2D eigenvalue weighted by atomic mass is 35.7. The van der Waals surface area contributed by atoms with Gasteiger partial charge in [0.25, 0.3) is 9.05 Å². The van der Waals surface area contributed by atoms with E-state index in [2.05, 4.69) is 5.10 Å². The number of rotatable bonds is 4. The molecule has 0 spiro atoms. The van der Waals surface area contributed by atoms with E-state index in [1.54, 1.807) is 6.92 Å². The first-order valence-corrected chi connectivity index (χ1v) is 7.70. The van der Waals surface area contributed by atoms with Gasteiger partial charge in [0.05, 0.1) is 11.7 Å².